The van der Waals surface area contributed by atoms with Gasteiger partial charge in [0.1, 0.15) is 17.7 Å². The van der Waals surface area contributed by atoms with Crippen LogP contribution in [0.15, 0.2) is 0 Å². The van der Waals surface area contributed by atoms with Gasteiger partial charge in [-0.05, 0) is 125 Å². The average Bonchev–Trinajstić information content (AvgIpc) is 3.32. The highest BCUT2D eigenvalue weighted by molar-refractivity contribution is 6.05. The smallest absolute Gasteiger partial charge is 0.140 e. The number of hydrogen-bond donors (Lipinski definition) is 5. The summed E-state index contributed by atoms with van der Waals surface area (Å²) in [5.74, 6) is 7.46. The maximum atomic E-state index is 14.3. The Hall–Kier alpha value is -1.38. The van der Waals surface area contributed by atoms with Crippen molar-refractivity contribution in [3.8, 4) is 11.8 Å². The Labute approximate surface area is 307 Å². The fraction of sp³-hybridized carbons (Fsp3) is 0.905. The number of hydrogen-bond acceptors (Lipinski definition) is 8. The second-order valence-electron chi connectivity index (χ2n) is 17.3. The van der Waals surface area contributed by atoms with E-state index in [4.69, 9.17) is 4.74 Å². The van der Waals surface area contributed by atoms with Gasteiger partial charge in [0.2, 0.25) is 0 Å². The van der Waals surface area contributed by atoms with Crippen molar-refractivity contribution in [2.45, 2.75) is 147 Å². The van der Waals surface area contributed by atoms with E-state index in [2.05, 4.69) is 29.4 Å². The minimum atomic E-state index is -1.89. The van der Waals surface area contributed by atoms with Gasteiger partial charge in [-0.3, -0.25) is 5.32 Å². The third-order valence-corrected chi connectivity index (χ3v) is 14.0. The van der Waals surface area contributed by atoms with Crippen LogP contribution in [0.2, 0.25) is 0 Å². The summed E-state index contributed by atoms with van der Waals surface area (Å²) in [6.45, 7) is 4.24. The third kappa shape index (κ3) is 10.9. The first-order chi connectivity index (χ1) is 24.8. The molecule has 1 aliphatic heterocycles. The van der Waals surface area contributed by atoms with Crippen LogP contribution >= 0.6 is 0 Å². The molecule has 0 aromatic carbocycles. The Bertz CT molecular complexity index is 1150. The van der Waals surface area contributed by atoms with Crippen molar-refractivity contribution in [2.75, 3.05) is 33.4 Å². The van der Waals surface area contributed by atoms with E-state index in [1.165, 1.54) is 19.3 Å². The molecule has 0 bridgehead atoms. The molecule has 6 N–H and O–H groups in total. The molecular formula is C42H70N2O7. The van der Waals surface area contributed by atoms with Crippen LogP contribution in [-0.2, 0) is 14.3 Å². The van der Waals surface area contributed by atoms with Crippen LogP contribution in [0, 0.1) is 71.0 Å². The molecule has 0 spiro atoms. The quantitative estimate of drug-likeness (QED) is 0.118. The molecule has 290 valence electrons. The average molecular weight is 715 g/mol. The number of Topliss-reactive ketones (excluding diaryl/α,β-unsaturated/α-hetero) is 2. The summed E-state index contributed by atoms with van der Waals surface area (Å²) in [6, 6.07) is 0. The largest absolute Gasteiger partial charge is 0.841 e. The third-order valence-electron chi connectivity index (χ3n) is 14.0. The Balaban J connectivity index is 1.50. The first kappa shape index (κ1) is 40.8. The standard InChI is InChI=1S/C42H69N2O7/c1-3-8-32(26-46)33-21-28(19-27-15-17-44-40(22-27)43-16-7-18-45)20-30-11-13-34(29-9-5-4-6-10-29)35-25-38(48)39(51-2)24-31(35)12-14-37(47)42(50)41(49)36(30)23-33/h27-36,38-40,42-46,48H,3-10,12,14-26H2,1-2H3/q-1/p+1. The van der Waals surface area contributed by atoms with Gasteiger partial charge in [-0.15, -0.1) is 0 Å². The van der Waals surface area contributed by atoms with Gasteiger partial charge in [-0.1, -0.05) is 44.4 Å². The number of piperidine rings is 1. The summed E-state index contributed by atoms with van der Waals surface area (Å²) in [6.07, 6.45) is 13.2. The lowest BCUT2D eigenvalue weighted by Crippen LogP contribution is -2.95. The maximum absolute atomic E-state index is 14.3. The summed E-state index contributed by atoms with van der Waals surface area (Å²) in [5.41, 5.74) is 0. The zero-order chi connectivity index (χ0) is 36.3. The van der Waals surface area contributed by atoms with E-state index in [0.717, 1.165) is 77.3 Å². The van der Waals surface area contributed by atoms with E-state index in [1.54, 1.807) is 7.11 Å². The highest BCUT2D eigenvalue weighted by Gasteiger charge is 2.45. The van der Waals surface area contributed by atoms with Crippen LogP contribution in [0.1, 0.15) is 122 Å². The molecule has 9 heteroatoms. The van der Waals surface area contributed by atoms with Gasteiger partial charge in [0.25, 0.3) is 0 Å². The number of nitrogens with two attached hydrogens (primary N) is 1. The lowest BCUT2D eigenvalue weighted by molar-refractivity contribution is -0.705. The van der Waals surface area contributed by atoms with Crippen LogP contribution in [0.25, 0.3) is 0 Å². The van der Waals surface area contributed by atoms with Crippen LogP contribution in [0.4, 0.5) is 0 Å². The normalized spacial score (nSPS) is 39.3. The molecule has 1 saturated heterocycles. The van der Waals surface area contributed by atoms with E-state index >= 15 is 0 Å². The fourth-order valence-corrected chi connectivity index (χ4v) is 11.2. The first-order valence-corrected chi connectivity index (χ1v) is 21.0. The number of carbonyl (C=O) groups is 2. The van der Waals surface area contributed by atoms with Crippen molar-refractivity contribution in [3.63, 3.8) is 0 Å². The summed E-state index contributed by atoms with van der Waals surface area (Å²) in [7, 11) is 1.64. The van der Waals surface area contributed by atoms with E-state index < -0.39 is 29.7 Å². The number of methoxy groups -OCH3 is 1. The molecule has 9 nitrogen and oxygen atoms in total. The molecule has 13 unspecified atom stereocenters. The van der Waals surface area contributed by atoms with Gasteiger partial charge < -0.3 is 40.1 Å². The molecule has 0 amide bonds. The number of fused-ring (bicyclic) bond motifs is 2. The summed E-state index contributed by atoms with van der Waals surface area (Å²) >= 11 is 0. The number of quaternary nitrogens is 1. The van der Waals surface area contributed by atoms with Gasteiger partial charge in [0.15, 0.2) is 0 Å². The maximum Gasteiger partial charge on any atom is 0.140 e. The molecule has 5 rings (SSSR count). The predicted molar refractivity (Wildman–Crippen MR) is 195 cm³/mol. The summed E-state index contributed by atoms with van der Waals surface area (Å²) < 4.78 is 5.70. The minimum absolute atomic E-state index is 0.0555. The van der Waals surface area contributed by atoms with Gasteiger partial charge >= 0.3 is 0 Å². The fourth-order valence-electron chi connectivity index (χ4n) is 11.2. The van der Waals surface area contributed by atoms with Gasteiger partial charge in [0, 0.05) is 57.5 Å². The Morgan fingerprint density at radius 2 is 1.76 bits per heavy atom. The summed E-state index contributed by atoms with van der Waals surface area (Å²) in [5, 5.41) is 50.9. The first-order valence-electron chi connectivity index (χ1n) is 21.0. The Morgan fingerprint density at radius 1 is 0.961 bits per heavy atom. The van der Waals surface area contributed by atoms with Crippen molar-refractivity contribution >= 4 is 11.6 Å². The molecule has 1 heterocycles. The van der Waals surface area contributed by atoms with Crippen molar-refractivity contribution in [2.24, 2.45) is 59.2 Å². The lowest BCUT2D eigenvalue weighted by Gasteiger charge is -2.44. The number of aliphatic hydroxyl groups excluding tert-OH is 3. The molecule has 4 aliphatic carbocycles. The topological polar surface area (TPSA) is 156 Å². The molecule has 4 fully saturated rings. The number of nitrogens with one attached hydrogen (secondary N) is 1. The zero-order valence-corrected chi connectivity index (χ0v) is 31.7. The van der Waals surface area contributed by atoms with Crippen LogP contribution in [0.3, 0.4) is 0 Å². The van der Waals surface area contributed by atoms with Gasteiger partial charge in [0.05, 0.1) is 18.8 Å². The molecular weight excluding hydrogens is 644 g/mol. The highest BCUT2D eigenvalue weighted by atomic mass is 16.5. The van der Waals surface area contributed by atoms with Gasteiger partial charge in [-0.2, -0.15) is 0 Å². The van der Waals surface area contributed by atoms with E-state index in [-0.39, 0.29) is 61.2 Å². The highest BCUT2D eigenvalue weighted by Crippen LogP contribution is 2.47. The van der Waals surface area contributed by atoms with Crippen molar-refractivity contribution in [1.29, 1.82) is 0 Å². The van der Waals surface area contributed by atoms with Crippen molar-refractivity contribution < 1.29 is 40.1 Å². The number of aliphatic hydroxyl groups is 3. The SMILES string of the molecule is CCCC(CO)C1CC(CC2CC[NH2+]C(NCCCO)C2)CC2C#CC(C3CCCCC3)C3CC(O)C(OC)CC3CCC(=O)C([O-])C(=O)C2C1. The van der Waals surface area contributed by atoms with Crippen molar-refractivity contribution in [1.82, 2.24) is 5.32 Å². The number of ketones is 2. The van der Waals surface area contributed by atoms with Crippen LogP contribution in [0.5, 0.6) is 0 Å². The molecule has 0 aromatic rings. The monoisotopic (exact) mass is 715 g/mol. The van der Waals surface area contributed by atoms with E-state index in [0.29, 0.717) is 49.6 Å². The van der Waals surface area contributed by atoms with Crippen molar-refractivity contribution in [3.05, 3.63) is 0 Å². The van der Waals surface area contributed by atoms with E-state index in [1.807, 2.05) is 0 Å². The number of rotatable bonds is 12. The van der Waals surface area contributed by atoms with Gasteiger partial charge in [-0.25, -0.2) is 0 Å². The van der Waals surface area contributed by atoms with Crippen LogP contribution in [-0.4, -0.2) is 84.8 Å². The molecule has 51 heavy (non-hydrogen) atoms. The molecule has 0 radical (unpaired) electrons. The lowest BCUT2D eigenvalue weighted by atomic mass is 9.63. The van der Waals surface area contributed by atoms with Crippen LogP contribution < -0.4 is 15.7 Å². The van der Waals surface area contributed by atoms with E-state index in [9.17, 15) is 30.0 Å². The molecule has 0 aromatic heterocycles. The number of ether oxygens (including phenoxy) is 1. The zero-order valence-electron chi connectivity index (χ0n) is 31.7. The number of carbonyl (C=O) groups excluding carboxylic acids is 2. The summed E-state index contributed by atoms with van der Waals surface area (Å²) in [4.78, 5) is 27.9. The second kappa shape index (κ2) is 20.3. The second-order valence-corrected chi connectivity index (χ2v) is 17.3. The molecule has 13 atom stereocenters. The molecule has 3 saturated carbocycles. The Kier molecular flexibility index (Phi) is 16.3. The Morgan fingerprint density at radius 3 is 2.49 bits per heavy atom. The predicted octanol–water partition coefficient (Wildman–Crippen LogP) is 2.97. The minimum Gasteiger partial charge on any atom is -0.841 e. The molecule has 5 aliphatic rings.